The maximum atomic E-state index is 12.0. The molecule has 0 atom stereocenters. The van der Waals surface area contributed by atoms with E-state index in [1.54, 1.807) is 30.6 Å². The normalized spacial score (nSPS) is 16.1. The van der Waals surface area contributed by atoms with E-state index in [9.17, 15) is 4.79 Å². The Balaban J connectivity index is 1.43. The van der Waals surface area contributed by atoms with Crippen LogP contribution >= 0.6 is 22.9 Å². The Bertz CT molecular complexity index is 992. The van der Waals surface area contributed by atoms with Crippen LogP contribution in [-0.4, -0.2) is 43.1 Å². The summed E-state index contributed by atoms with van der Waals surface area (Å²) < 4.78 is 11.4. The summed E-state index contributed by atoms with van der Waals surface area (Å²) in [6, 6.07) is 11.3. The third-order valence-electron chi connectivity index (χ3n) is 4.90. The molecular formula is C20H21ClN2O3S. The molecule has 27 heavy (non-hydrogen) atoms. The minimum atomic E-state index is -0.320. The number of nitrogens with zero attached hydrogens (tertiary/aromatic N) is 2. The summed E-state index contributed by atoms with van der Waals surface area (Å²) >= 11 is 7.67. The van der Waals surface area contributed by atoms with E-state index in [0.29, 0.717) is 11.3 Å². The number of benzene rings is 1. The Morgan fingerprint density at radius 2 is 1.81 bits per heavy atom. The number of halogens is 1. The Morgan fingerprint density at radius 3 is 2.48 bits per heavy atom. The molecule has 0 amide bonds. The second kappa shape index (κ2) is 8.02. The highest BCUT2D eigenvalue weighted by Gasteiger charge is 2.19. The fourth-order valence-electron chi connectivity index (χ4n) is 3.47. The van der Waals surface area contributed by atoms with Crippen molar-refractivity contribution in [3.63, 3.8) is 0 Å². The fraction of sp³-hybridized carbons (Fsp3) is 0.350. The lowest BCUT2D eigenvalue weighted by atomic mass is 10.1. The van der Waals surface area contributed by atoms with Crippen LogP contribution < -0.4 is 10.4 Å². The molecule has 3 aromatic rings. The molecule has 7 heteroatoms. The van der Waals surface area contributed by atoms with Crippen molar-refractivity contribution < 1.29 is 9.15 Å². The van der Waals surface area contributed by atoms with Gasteiger partial charge in [-0.25, -0.2) is 4.79 Å². The summed E-state index contributed by atoms with van der Waals surface area (Å²) in [5, 5.41) is 0.964. The van der Waals surface area contributed by atoms with Gasteiger partial charge in [0.1, 0.15) is 11.3 Å². The van der Waals surface area contributed by atoms with Gasteiger partial charge in [0.25, 0.3) is 0 Å². The predicted molar refractivity (Wildman–Crippen MR) is 109 cm³/mol. The van der Waals surface area contributed by atoms with Crippen molar-refractivity contribution in [2.24, 2.45) is 0 Å². The molecule has 142 valence electrons. The first-order valence-corrected chi connectivity index (χ1v) is 10.1. The Labute approximate surface area is 166 Å². The van der Waals surface area contributed by atoms with Crippen LogP contribution in [0.4, 0.5) is 0 Å². The molecule has 2 aromatic heterocycles. The van der Waals surface area contributed by atoms with E-state index >= 15 is 0 Å². The molecule has 0 radical (unpaired) electrons. The van der Waals surface area contributed by atoms with E-state index in [1.165, 1.54) is 4.88 Å². The molecule has 1 saturated heterocycles. The van der Waals surface area contributed by atoms with Crippen molar-refractivity contribution in [2.75, 3.05) is 33.3 Å². The van der Waals surface area contributed by atoms with Crippen molar-refractivity contribution in [1.82, 2.24) is 9.80 Å². The average molecular weight is 405 g/mol. The zero-order chi connectivity index (χ0) is 18.8. The zero-order valence-corrected chi connectivity index (χ0v) is 16.7. The lowest BCUT2D eigenvalue weighted by Crippen LogP contribution is -2.45. The highest BCUT2D eigenvalue weighted by Crippen LogP contribution is 2.25. The molecular weight excluding hydrogens is 384 g/mol. The van der Waals surface area contributed by atoms with Crippen molar-refractivity contribution in [3.8, 4) is 5.75 Å². The van der Waals surface area contributed by atoms with Gasteiger partial charge in [0.15, 0.2) is 0 Å². The summed E-state index contributed by atoms with van der Waals surface area (Å²) in [5.41, 5.74) is 1.26. The Morgan fingerprint density at radius 1 is 1.07 bits per heavy atom. The summed E-state index contributed by atoms with van der Waals surface area (Å²) in [6.07, 6.45) is 0. The van der Waals surface area contributed by atoms with Crippen LogP contribution in [0.3, 0.4) is 0 Å². The maximum absolute atomic E-state index is 12.0. The predicted octanol–water partition coefficient (Wildman–Crippen LogP) is 3.83. The van der Waals surface area contributed by atoms with Crippen molar-refractivity contribution in [3.05, 3.63) is 61.6 Å². The van der Waals surface area contributed by atoms with E-state index in [-0.39, 0.29) is 5.63 Å². The Kier molecular flexibility index (Phi) is 5.50. The molecule has 0 N–H and O–H groups in total. The smallest absolute Gasteiger partial charge is 0.336 e. The average Bonchev–Trinajstić information content (AvgIpc) is 3.07. The number of rotatable bonds is 5. The maximum Gasteiger partial charge on any atom is 0.336 e. The minimum absolute atomic E-state index is 0.320. The van der Waals surface area contributed by atoms with Crippen LogP contribution in [0.2, 0.25) is 4.34 Å². The molecule has 0 bridgehead atoms. The van der Waals surface area contributed by atoms with Gasteiger partial charge < -0.3 is 9.15 Å². The standard InChI is InChI=1S/C20H21ClN2O3S/c1-25-15-2-4-17-14(10-20(24)26-18(17)11-15)12-22-6-8-23(9-7-22)13-16-3-5-19(21)27-16/h2-5,10-11H,6-9,12-13H2,1H3. The van der Waals surface area contributed by atoms with Crippen molar-refractivity contribution in [1.29, 1.82) is 0 Å². The van der Waals surface area contributed by atoms with Crippen LogP contribution in [0.25, 0.3) is 11.0 Å². The monoisotopic (exact) mass is 404 g/mol. The molecule has 3 heterocycles. The molecule has 1 fully saturated rings. The number of hydrogen-bond acceptors (Lipinski definition) is 6. The molecule has 0 saturated carbocycles. The highest BCUT2D eigenvalue weighted by molar-refractivity contribution is 7.16. The summed E-state index contributed by atoms with van der Waals surface area (Å²) in [4.78, 5) is 18.1. The molecule has 5 nitrogen and oxygen atoms in total. The second-order valence-corrected chi connectivity index (χ2v) is 8.51. The topological polar surface area (TPSA) is 45.9 Å². The van der Waals surface area contributed by atoms with E-state index in [4.69, 9.17) is 20.8 Å². The lowest BCUT2D eigenvalue weighted by Gasteiger charge is -2.34. The quantitative estimate of drug-likeness (QED) is 0.605. The molecule has 1 aromatic carbocycles. The zero-order valence-electron chi connectivity index (χ0n) is 15.1. The second-order valence-electron chi connectivity index (χ2n) is 6.71. The van der Waals surface area contributed by atoms with Gasteiger partial charge in [-0.15, -0.1) is 11.3 Å². The van der Waals surface area contributed by atoms with Crippen LogP contribution in [-0.2, 0) is 13.1 Å². The number of fused-ring (bicyclic) bond motifs is 1. The summed E-state index contributed by atoms with van der Waals surface area (Å²) in [6.45, 7) is 5.63. The van der Waals surface area contributed by atoms with E-state index in [1.807, 2.05) is 18.2 Å². The first-order chi connectivity index (χ1) is 13.1. The molecule has 0 spiro atoms. The first kappa shape index (κ1) is 18.5. The number of thiophene rings is 1. The van der Waals surface area contributed by atoms with Crippen LogP contribution in [0.5, 0.6) is 5.75 Å². The van der Waals surface area contributed by atoms with Gasteiger partial charge in [-0.05, 0) is 29.8 Å². The first-order valence-electron chi connectivity index (χ1n) is 8.90. The summed E-state index contributed by atoms with van der Waals surface area (Å²) in [5.74, 6) is 0.685. The Hall–Kier alpha value is -1.86. The lowest BCUT2D eigenvalue weighted by molar-refractivity contribution is 0.123. The van der Waals surface area contributed by atoms with Crippen LogP contribution in [0.1, 0.15) is 10.4 Å². The molecule has 4 rings (SSSR count). The van der Waals surface area contributed by atoms with E-state index in [0.717, 1.165) is 54.6 Å². The number of piperazine rings is 1. The highest BCUT2D eigenvalue weighted by atomic mass is 35.5. The van der Waals surface area contributed by atoms with Gasteiger partial charge in [-0.1, -0.05) is 11.6 Å². The number of ether oxygens (including phenoxy) is 1. The molecule has 1 aliphatic heterocycles. The molecule has 0 unspecified atom stereocenters. The van der Waals surface area contributed by atoms with Gasteiger partial charge in [-0.3, -0.25) is 9.80 Å². The van der Waals surface area contributed by atoms with Crippen LogP contribution in [0, 0.1) is 0 Å². The summed E-state index contributed by atoms with van der Waals surface area (Å²) in [7, 11) is 1.60. The molecule has 0 aliphatic carbocycles. The van der Waals surface area contributed by atoms with Gasteiger partial charge in [0.2, 0.25) is 0 Å². The number of hydrogen-bond donors (Lipinski definition) is 0. The fourth-order valence-corrected chi connectivity index (χ4v) is 4.60. The third-order valence-corrected chi connectivity index (χ3v) is 6.12. The van der Waals surface area contributed by atoms with E-state index in [2.05, 4.69) is 15.9 Å². The van der Waals surface area contributed by atoms with Crippen molar-refractivity contribution >= 4 is 33.9 Å². The van der Waals surface area contributed by atoms with Gasteiger partial charge in [-0.2, -0.15) is 0 Å². The third kappa shape index (κ3) is 4.35. The van der Waals surface area contributed by atoms with Crippen LogP contribution in [0.15, 0.2) is 45.6 Å². The van der Waals surface area contributed by atoms with Gasteiger partial charge in [0.05, 0.1) is 11.4 Å². The van der Waals surface area contributed by atoms with Crippen molar-refractivity contribution in [2.45, 2.75) is 13.1 Å². The number of methoxy groups -OCH3 is 1. The largest absolute Gasteiger partial charge is 0.497 e. The minimum Gasteiger partial charge on any atom is -0.497 e. The van der Waals surface area contributed by atoms with Gasteiger partial charge >= 0.3 is 5.63 Å². The van der Waals surface area contributed by atoms with Gasteiger partial charge in [0, 0.05) is 61.7 Å². The SMILES string of the molecule is COc1ccc2c(CN3CCN(Cc4ccc(Cl)s4)CC3)cc(=O)oc2c1. The molecule has 1 aliphatic rings. The van der Waals surface area contributed by atoms with E-state index < -0.39 is 0 Å².